The number of nitrogens with one attached hydrogen (secondary N) is 1. The first kappa shape index (κ1) is 22.6. The van der Waals surface area contributed by atoms with E-state index in [2.05, 4.69) is 36.0 Å². The summed E-state index contributed by atoms with van der Waals surface area (Å²) in [5.41, 5.74) is 5.45. The number of hydrogen-bond donors (Lipinski definition) is 1. The fourth-order valence-corrected chi connectivity index (χ4v) is 4.00. The molecule has 2 heterocycles. The number of methoxy groups -OCH3 is 2. The second-order valence-corrected chi connectivity index (χ2v) is 8.22. The highest BCUT2D eigenvalue weighted by atomic mass is 16.5. The van der Waals surface area contributed by atoms with E-state index in [1.54, 1.807) is 20.3 Å². The molecular formula is C26H30N4O3. The Morgan fingerprint density at radius 1 is 0.970 bits per heavy atom. The quantitative estimate of drug-likeness (QED) is 0.412. The first-order valence-corrected chi connectivity index (χ1v) is 11.1. The van der Waals surface area contributed by atoms with Gasteiger partial charge in [0.25, 0.3) is 5.56 Å². The molecule has 0 aliphatic rings. The molecule has 2 aromatic heterocycles. The number of aromatic amines is 1. The molecular weight excluding hydrogens is 416 g/mol. The summed E-state index contributed by atoms with van der Waals surface area (Å²) in [6.45, 7) is 6.39. The van der Waals surface area contributed by atoms with Gasteiger partial charge in [-0.2, -0.15) is 0 Å². The first-order chi connectivity index (χ1) is 16.0. The van der Waals surface area contributed by atoms with Gasteiger partial charge in [0.15, 0.2) is 17.1 Å². The number of rotatable bonds is 9. The molecule has 0 spiro atoms. The zero-order valence-electron chi connectivity index (χ0n) is 19.6. The van der Waals surface area contributed by atoms with Crippen LogP contribution in [0.15, 0.2) is 59.4 Å². The third-order valence-electron chi connectivity index (χ3n) is 5.65. The van der Waals surface area contributed by atoms with Gasteiger partial charge in [-0.25, -0.2) is 9.50 Å². The Hall–Kier alpha value is -3.58. The first-order valence-electron chi connectivity index (χ1n) is 11.1. The second kappa shape index (κ2) is 9.92. The van der Waals surface area contributed by atoms with E-state index in [1.807, 2.05) is 36.4 Å². The van der Waals surface area contributed by atoms with Gasteiger partial charge < -0.3 is 9.47 Å². The summed E-state index contributed by atoms with van der Waals surface area (Å²) in [7, 11) is 3.27. The van der Waals surface area contributed by atoms with Gasteiger partial charge in [0.1, 0.15) is 0 Å². The SMILES string of the molecule is CCCN(Cc1ccc(OC)c(OC)c1)Cc1cc(=O)n2[nH]c(-c3ccc(C)cc3)cc2n1. The van der Waals surface area contributed by atoms with Crippen molar-refractivity contribution < 1.29 is 9.47 Å². The van der Waals surface area contributed by atoms with Crippen molar-refractivity contribution in [3.63, 3.8) is 0 Å². The largest absolute Gasteiger partial charge is 0.493 e. The number of fused-ring (bicyclic) bond motifs is 1. The minimum absolute atomic E-state index is 0.115. The van der Waals surface area contributed by atoms with Crippen molar-refractivity contribution >= 4 is 5.65 Å². The van der Waals surface area contributed by atoms with E-state index < -0.39 is 0 Å². The van der Waals surface area contributed by atoms with Crippen LogP contribution >= 0.6 is 0 Å². The molecule has 4 rings (SSSR count). The van der Waals surface area contributed by atoms with E-state index in [1.165, 1.54) is 10.1 Å². The Balaban J connectivity index is 1.59. The molecule has 33 heavy (non-hydrogen) atoms. The Kier molecular flexibility index (Phi) is 6.79. The van der Waals surface area contributed by atoms with Crippen LogP contribution < -0.4 is 15.0 Å². The van der Waals surface area contributed by atoms with E-state index in [9.17, 15) is 4.79 Å². The predicted molar refractivity (Wildman–Crippen MR) is 130 cm³/mol. The van der Waals surface area contributed by atoms with Crippen molar-refractivity contribution in [2.45, 2.75) is 33.4 Å². The van der Waals surface area contributed by atoms with Crippen LogP contribution in [0.2, 0.25) is 0 Å². The molecule has 0 unspecified atom stereocenters. The lowest BCUT2D eigenvalue weighted by atomic mass is 10.1. The molecule has 7 heteroatoms. The lowest BCUT2D eigenvalue weighted by Crippen LogP contribution is -2.26. The van der Waals surface area contributed by atoms with E-state index in [-0.39, 0.29) is 5.56 Å². The van der Waals surface area contributed by atoms with Crippen LogP contribution in [0.3, 0.4) is 0 Å². The predicted octanol–water partition coefficient (Wildman–Crippen LogP) is 4.43. The Bertz CT molecular complexity index is 1290. The van der Waals surface area contributed by atoms with Gasteiger partial charge in [-0.05, 0) is 43.1 Å². The lowest BCUT2D eigenvalue weighted by Gasteiger charge is -2.22. The zero-order valence-corrected chi connectivity index (χ0v) is 19.6. The van der Waals surface area contributed by atoms with Gasteiger partial charge in [-0.1, -0.05) is 42.8 Å². The monoisotopic (exact) mass is 446 g/mol. The molecule has 1 N–H and O–H groups in total. The average molecular weight is 447 g/mol. The molecule has 0 bridgehead atoms. The maximum Gasteiger partial charge on any atom is 0.272 e. The third kappa shape index (κ3) is 5.09. The highest BCUT2D eigenvalue weighted by molar-refractivity contribution is 5.64. The number of H-pyrrole nitrogens is 1. The number of aryl methyl sites for hydroxylation is 1. The van der Waals surface area contributed by atoms with Crippen molar-refractivity contribution in [2.24, 2.45) is 0 Å². The number of ether oxygens (including phenoxy) is 2. The highest BCUT2D eigenvalue weighted by Crippen LogP contribution is 2.28. The van der Waals surface area contributed by atoms with Gasteiger partial charge in [-0.15, -0.1) is 0 Å². The summed E-state index contributed by atoms with van der Waals surface area (Å²) >= 11 is 0. The molecule has 0 atom stereocenters. The molecule has 0 saturated carbocycles. The topological polar surface area (TPSA) is 71.9 Å². The fourth-order valence-electron chi connectivity index (χ4n) is 4.00. The van der Waals surface area contributed by atoms with Crippen LogP contribution in [0.5, 0.6) is 11.5 Å². The molecule has 0 saturated heterocycles. The van der Waals surface area contributed by atoms with Crippen LogP contribution in [0, 0.1) is 6.92 Å². The lowest BCUT2D eigenvalue weighted by molar-refractivity contribution is 0.253. The van der Waals surface area contributed by atoms with E-state index in [0.29, 0.717) is 23.7 Å². The summed E-state index contributed by atoms with van der Waals surface area (Å²) < 4.78 is 12.3. The van der Waals surface area contributed by atoms with Crippen molar-refractivity contribution in [1.29, 1.82) is 0 Å². The van der Waals surface area contributed by atoms with Crippen molar-refractivity contribution in [3.05, 3.63) is 81.8 Å². The molecule has 0 amide bonds. The Labute approximate surface area is 193 Å². The van der Waals surface area contributed by atoms with Crippen LogP contribution in [-0.4, -0.2) is 40.3 Å². The molecule has 7 nitrogen and oxygen atoms in total. The number of nitrogens with zero attached hydrogens (tertiary/aromatic N) is 3. The zero-order chi connectivity index (χ0) is 23.4. The number of benzene rings is 2. The third-order valence-corrected chi connectivity index (χ3v) is 5.65. The van der Waals surface area contributed by atoms with Crippen LogP contribution in [0.1, 0.15) is 30.2 Å². The summed E-state index contributed by atoms with van der Waals surface area (Å²) in [6.07, 6.45) is 0.996. The Morgan fingerprint density at radius 3 is 2.42 bits per heavy atom. The van der Waals surface area contributed by atoms with Gasteiger partial charge in [0, 0.05) is 25.2 Å². The normalized spacial score (nSPS) is 11.3. The van der Waals surface area contributed by atoms with Crippen molar-refractivity contribution in [2.75, 3.05) is 20.8 Å². The fraction of sp³-hybridized carbons (Fsp3) is 0.308. The standard InChI is InChI=1S/C26H30N4O3/c1-5-12-29(16-19-8-11-23(32-3)24(13-19)33-4)17-21-14-26(31)30-25(27-21)15-22(28-30)20-9-6-18(2)7-10-20/h6-11,13-15,28H,5,12,16-17H2,1-4H3. The van der Waals surface area contributed by atoms with Gasteiger partial charge in [0.05, 0.1) is 25.6 Å². The summed E-state index contributed by atoms with van der Waals surface area (Å²) in [5.74, 6) is 1.42. The van der Waals surface area contributed by atoms with E-state index in [0.717, 1.165) is 42.0 Å². The molecule has 4 aromatic rings. The second-order valence-electron chi connectivity index (χ2n) is 8.22. The molecule has 0 aliphatic heterocycles. The van der Waals surface area contributed by atoms with Crippen LogP contribution in [-0.2, 0) is 13.1 Å². The van der Waals surface area contributed by atoms with Gasteiger partial charge in [0.2, 0.25) is 0 Å². The number of hydrogen-bond acceptors (Lipinski definition) is 5. The molecule has 2 aromatic carbocycles. The van der Waals surface area contributed by atoms with Crippen LogP contribution in [0.4, 0.5) is 0 Å². The van der Waals surface area contributed by atoms with Crippen LogP contribution in [0.25, 0.3) is 16.9 Å². The van der Waals surface area contributed by atoms with Crippen molar-refractivity contribution in [3.8, 4) is 22.8 Å². The van der Waals surface area contributed by atoms with Gasteiger partial charge in [-0.3, -0.25) is 14.8 Å². The average Bonchev–Trinajstić information content (AvgIpc) is 3.24. The summed E-state index contributed by atoms with van der Waals surface area (Å²) in [4.78, 5) is 19.8. The summed E-state index contributed by atoms with van der Waals surface area (Å²) in [6, 6.07) is 17.7. The summed E-state index contributed by atoms with van der Waals surface area (Å²) in [5, 5.41) is 3.17. The maximum absolute atomic E-state index is 12.8. The molecule has 0 radical (unpaired) electrons. The minimum Gasteiger partial charge on any atom is -0.493 e. The minimum atomic E-state index is -0.115. The van der Waals surface area contributed by atoms with Gasteiger partial charge >= 0.3 is 0 Å². The highest BCUT2D eigenvalue weighted by Gasteiger charge is 2.13. The Morgan fingerprint density at radius 2 is 1.73 bits per heavy atom. The maximum atomic E-state index is 12.8. The van der Waals surface area contributed by atoms with E-state index in [4.69, 9.17) is 14.5 Å². The molecule has 0 aliphatic carbocycles. The smallest absolute Gasteiger partial charge is 0.272 e. The van der Waals surface area contributed by atoms with E-state index >= 15 is 0 Å². The molecule has 0 fully saturated rings. The molecule has 172 valence electrons. The van der Waals surface area contributed by atoms with Crippen molar-refractivity contribution in [1.82, 2.24) is 19.5 Å². The number of aromatic nitrogens is 3.